The number of aromatic nitrogens is 2. The van der Waals surface area contributed by atoms with Gasteiger partial charge in [0.15, 0.2) is 0 Å². The van der Waals surface area contributed by atoms with Gasteiger partial charge in [0.25, 0.3) is 0 Å². The minimum absolute atomic E-state index is 0.0295. The maximum atomic E-state index is 13.3. The number of phenols is 2. The Labute approximate surface area is 245 Å². The van der Waals surface area contributed by atoms with E-state index in [1.165, 1.54) is 48.9 Å². The maximum Gasteiger partial charge on any atom is 0.326 e. The van der Waals surface area contributed by atoms with Gasteiger partial charge in [-0.1, -0.05) is 24.3 Å². The number of hydrogen-bond acceptors (Lipinski definition) is 9. The number of H-pyrrole nitrogens is 1. The van der Waals surface area contributed by atoms with E-state index in [0.29, 0.717) is 16.8 Å². The van der Waals surface area contributed by atoms with E-state index >= 15 is 0 Å². The third-order valence-corrected chi connectivity index (χ3v) is 6.37. The number of primary amides is 1. The minimum atomic E-state index is -1.51. The number of phenolic OH excluding ortho intramolecular Hbond substituents is 2. The lowest BCUT2D eigenvalue weighted by Gasteiger charge is -2.25. The van der Waals surface area contributed by atoms with Gasteiger partial charge >= 0.3 is 5.97 Å². The highest BCUT2D eigenvalue weighted by atomic mass is 16.4. The molecule has 4 amide bonds. The molecular weight excluding hydrogens is 562 g/mol. The molecule has 0 saturated carbocycles. The molecule has 15 heteroatoms. The monoisotopic (exact) mass is 595 g/mol. The molecule has 15 nitrogen and oxygen atoms in total. The number of nitrogens with two attached hydrogens (primary N) is 2. The van der Waals surface area contributed by atoms with Crippen molar-refractivity contribution in [2.45, 2.75) is 49.9 Å². The molecule has 3 aromatic rings. The molecule has 0 fully saturated rings. The van der Waals surface area contributed by atoms with E-state index in [-0.39, 0.29) is 30.8 Å². The number of hydrogen-bond donors (Lipinski definition) is 9. The van der Waals surface area contributed by atoms with Crippen LogP contribution in [0.1, 0.15) is 23.2 Å². The molecule has 0 aliphatic carbocycles. The number of carboxylic acids is 1. The van der Waals surface area contributed by atoms with Crippen LogP contribution >= 0.6 is 0 Å². The van der Waals surface area contributed by atoms with Crippen molar-refractivity contribution < 1.29 is 39.3 Å². The Hall–Kier alpha value is -5.44. The Bertz CT molecular complexity index is 1410. The van der Waals surface area contributed by atoms with E-state index in [4.69, 9.17) is 11.5 Å². The molecule has 0 spiro atoms. The Morgan fingerprint density at radius 3 is 1.77 bits per heavy atom. The van der Waals surface area contributed by atoms with Crippen LogP contribution in [0, 0.1) is 0 Å². The summed E-state index contributed by atoms with van der Waals surface area (Å²) >= 11 is 0. The summed E-state index contributed by atoms with van der Waals surface area (Å²) in [4.78, 5) is 69.7. The van der Waals surface area contributed by atoms with Gasteiger partial charge in [-0.3, -0.25) is 19.2 Å². The number of aromatic amines is 1. The van der Waals surface area contributed by atoms with Crippen molar-refractivity contribution in [2.24, 2.45) is 11.5 Å². The first kappa shape index (κ1) is 32.1. The van der Waals surface area contributed by atoms with Gasteiger partial charge in [0, 0.05) is 24.7 Å². The number of imidazole rings is 1. The molecule has 1 heterocycles. The maximum absolute atomic E-state index is 13.3. The van der Waals surface area contributed by atoms with Gasteiger partial charge in [-0.15, -0.1) is 0 Å². The van der Waals surface area contributed by atoms with Crippen molar-refractivity contribution in [3.05, 3.63) is 77.9 Å². The molecule has 0 bridgehead atoms. The summed E-state index contributed by atoms with van der Waals surface area (Å²) in [5.74, 6) is -4.84. The topological polar surface area (TPSA) is 263 Å². The van der Waals surface area contributed by atoms with E-state index in [2.05, 4.69) is 25.9 Å². The van der Waals surface area contributed by atoms with Crippen molar-refractivity contribution in [2.75, 3.05) is 0 Å². The molecule has 2 aromatic carbocycles. The van der Waals surface area contributed by atoms with Crippen LogP contribution in [0.5, 0.6) is 11.5 Å². The number of nitrogens with zero attached hydrogens (tertiary/aromatic N) is 1. The van der Waals surface area contributed by atoms with Crippen molar-refractivity contribution in [3.63, 3.8) is 0 Å². The molecule has 0 radical (unpaired) electrons. The number of aromatic hydroxyl groups is 2. The second-order valence-corrected chi connectivity index (χ2v) is 9.82. The second kappa shape index (κ2) is 15.0. The third kappa shape index (κ3) is 10.2. The first-order valence-corrected chi connectivity index (χ1v) is 13.1. The number of carbonyl (C=O) groups is 5. The molecule has 4 atom stereocenters. The van der Waals surface area contributed by atoms with Crippen LogP contribution in [0.2, 0.25) is 0 Å². The molecular formula is C28H33N7O8. The SMILES string of the molecule is NC(=O)CC(NC(=O)C(N)Cc1ccc(O)cc1)C(=O)NC(Cc1ccc(O)cc1)C(=O)NC(Cc1cnc[nH]1)C(=O)O. The fourth-order valence-electron chi connectivity index (χ4n) is 4.11. The summed E-state index contributed by atoms with van der Waals surface area (Å²) < 4.78 is 0. The normalized spacial score (nSPS) is 13.6. The Morgan fingerprint density at radius 1 is 0.744 bits per heavy atom. The Morgan fingerprint density at radius 2 is 1.26 bits per heavy atom. The van der Waals surface area contributed by atoms with Crippen molar-refractivity contribution >= 4 is 29.6 Å². The van der Waals surface area contributed by atoms with Crippen LogP contribution in [0.4, 0.5) is 0 Å². The first-order chi connectivity index (χ1) is 20.4. The fourth-order valence-corrected chi connectivity index (χ4v) is 4.11. The number of rotatable bonds is 15. The Balaban J connectivity index is 1.77. The highest BCUT2D eigenvalue weighted by molar-refractivity contribution is 5.96. The van der Waals surface area contributed by atoms with E-state index in [9.17, 15) is 39.3 Å². The molecule has 0 saturated heterocycles. The summed E-state index contributed by atoms with van der Waals surface area (Å²) in [6.07, 6.45) is 1.94. The van der Waals surface area contributed by atoms with Gasteiger partial charge in [-0.2, -0.15) is 0 Å². The van der Waals surface area contributed by atoms with Crippen LogP contribution in [0.3, 0.4) is 0 Å². The second-order valence-electron chi connectivity index (χ2n) is 9.82. The quantitative estimate of drug-likeness (QED) is 0.0991. The number of benzene rings is 2. The summed E-state index contributed by atoms with van der Waals surface area (Å²) in [5.41, 5.74) is 12.9. The summed E-state index contributed by atoms with van der Waals surface area (Å²) in [7, 11) is 0. The zero-order valence-electron chi connectivity index (χ0n) is 22.9. The number of carboxylic acid groups (broad SMARTS) is 1. The predicted molar refractivity (Wildman–Crippen MR) is 151 cm³/mol. The predicted octanol–water partition coefficient (Wildman–Crippen LogP) is -1.41. The van der Waals surface area contributed by atoms with Gasteiger partial charge in [0.2, 0.25) is 23.6 Å². The smallest absolute Gasteiger partial charge is 0.326 e. The van der Waals surface area contributed by atoms with Crippen molar-refractivity contribution in [1.82, 2.24) is 25.9 Å². The third-order valence-electron chi connectivity index (χ3n) is 6.37. The molecule has 43 heavy (non-hydrogen) atoms. The van der Waals surface area contributed by atoms with Gasteiger partial charge < -0.3 is 47.7 Å². The minimum Gasteiger partial charge on any atom is -0.508 e. The van der Waals surface area contributed by atoms with Gasteiger partial charge in [0.1, 0.15) is 29.6 Å². The van der Waals surface area contributed by atoms with Gasteiger partial charge in [-0.05, 0) is 41.8 Å². The highest BCUT2D eigenvalue weighted by Crippen LogP contribution is 2.13. The zero-order chi connectivity index (χ0) is 31.5. The molecule has 3 rings (SSSR count). The Kier molecular flexibility index (Phi) is 11.2. The molecule has 0 aliphatic rings. The van der Waals surface area contributed by atoms with Gasteiger partial charge in [0.05, 0.1) is 18.8 Å². The van der Waals surface area contributed by atoms with E-state index in [1.54, 1.807) is 12.1 Å². The lowest BCUT2D eigenvalue weighted by atomic mass is 10.0. The van der Waals surface area contributed by atoms with Crippen molar-refractivity contribution in [1.29, 1.82) is 0 Å². The van der Waals surface area contributed by atoms with Crippen LogP contribution in [-0.4, -0.2) is 79.1 Å². The van der Waals surface area contributed by atoms with Crippen LogP contribution in [0.15, 0.2) is 61.1 Å². The van der Waals surface area contributed by atoms with Gasteiger partial charge in [-0.25, -0.2) is 9.78 Å². The molecule has 228 valence electrons. The largest absolute Gasteiger partial charge is 0.508 e. The average Bonchev–Trinajstić information content (AvgIpc) is 3.47. The van der Waals surface area contributed by atoms with E-state index in [0.717, 1.165) is 0 Å². The number of aliphatic carboxylic acids is 1. The zero-order valence-corrected chi connectivity index (χ0v) is 22.9. The van der Waals surface area contributed by atoms with E-state index < -0.39 is 60.2 Å². The lowest BCUT2D eigenvalue weighted by Crippen LogP contribution is -2.58. The van der Waals surface area contributed by atoms with Crippen molar-refractivity contribution in [3.8, 4) is 11.5 Å². The molecule has 1 aromatic heterocycles. The number of amides is 4. The van der Waals surface area contributed by atoms with Crippen LogP contribution in [-0.2, 0) is 43.2 Å². The number of nitrogens with one attached hydrogen (secondary N) is 4. The highest BCUT2D eigenvalue weighted by Gasteiger charge is 2.31. The lowest BCUT2D eigenvalue weighted by molar-refractivity contribution is -0.142. The number of carbonyl (C=O) groups excluding carboxylic acids is 4. The molecule has 0 aliphatic heterocycles. The molecule has 4 unspecified atom stereocenters. The average molecular weight is 596 g/mol. The van der Waals surface area contributed by atoms with Crippen LogP contribution in [0.25, 0.3) is 0 Å². The molecule has 11 N–H and O–H groups in total. The van der Waals surface area contributed by atoms with Crippen LogP contribution < -0.4 is 27.4 Å². The van der Waals surface area contributed by atoms with E-state index in [1.807, 2.05) is 0 Å². The standard InChI is InChI=1S/C28H33N7O8/c29-20(9-15-1-5-18(36)6-2-15)25(39)33-22(12-24(30)38)27(41)34-21(10-16-3-7-19(37)8-4-16)26(40)35-23(28(42)43)11-17-13-31-14-32-17/h1-8,13-14,20-23,36-37H,9-12,29H2,(H2,30,38)(H,31,32)(H,33,39)(H,34,41)(H,35,40)(H,42,43). The summed E-state index contributed by atoms with van der Waals surface area (Å²) in [6, 6.07) is 6.35. The summed E-state index contributed by atoms with van der Waals surface area (Å²) in [5, 5.41) is 36.0. The fraction of sp³-hybridized carbons (Fsp3) is 0.286. The summed E-state index contributed by atoms with van der Waals surface area (Å²) in [6.45, 7) is 0. The first-order valence-electron chi connectivity index (χ1n) is 13.1.